The largest absolute Gasteiger partial charge is 0.378 e. The van der Waals surface area contributed by atoms with E-state index in [1.165, 1.54) is 23.6 Å². The third kappa shape index (κ3) is 5.68. The topological polar surface area (TPSA) is 79.0 Å². The Morgan fingerprint density at radius 2 is 1.71 bits per heavy atom. The Morgan fingerprint density at radius 3 is 2.39 bits per heavy atom. The lowest BCUT2D eigenvalue weighted by Gasteiger charge is -2.34. The SMILES string of the molecule is O=C(NCCCOC1CCCCC1)N1CCN(S(=O)(=O)c2ccccc2)CC1. The fourth-order valence-corrected chi connectivity index (χ4v) is 5.18. The van der Waals surface area contributed by atoms with Gasteiger partial charge >= 0.3 is 6.03 Å². The second-order valence-electron chi connectivity index (χ2n) is 7.42. The third-order valence-electron chi connectivity index (χ3n) is 5.41. The van der Waals surface area contributed by atoms with E-state index in [0.717, 1.165) is 19.3 Å². The Balaban J connectivity index is 1.34. The zero-order chi connectivity index (χ0) is 19.8. The van der Waals surface area contributed by atoms with E-state index in [4.69, 9.17) is 4.74 Å². The number of piperazine rings is 1. The Hall–Kier alpha value is -1.64. The smallest absolute Gasteiger partial charge is 0.317 e. The van der Waals surface area contributed by atoms with Crippen LogP contribution in [0.2, 0.25) is 0 Å². The summed E-state index contributed by atoms with van der Waals surface area (Å²) in [6.45, 7) is 2.68. The van der Waals surface area contributed by atoms with Crippen molar-refractivity contribution in [2.45, 2.75) is 49.5 Å². The van der Waals surface area contributed by atoms with Crippen molar-refractivity contribution in [3.63, 3.8) is 0 Å². The first kappa shape index (κ1) is 21.1. The fourth-order valence-electron chi connectivity index (χ4n) is 3.73. The first-order chi connectivity index (χ1) is 13.6. The molecule has 2 amide bonds. The lowest BCUT2D eigenvalue weighted by molar-refractivity contribution is 0.0274. The highest BCUT2D eigenvalue weighted by atomic mass is 32.2. The van der Waals surface area contributed by atoms with Gasteiger partial charge in [0.15, 0.2) is 0 Å². The number of ether oxygens (including phenoxy) is 1. The maximum atomic E-state index is 12.6. The van der Waals surface area contributed by atoms with E-state index >= 15 is 0 Å². The van der Waals surface area contributed by atoms with Gasteiger partial charge in [-0.15, -0.1) is 0 Å². The second-order valence-corrected chi connectivity index (χ2v) is 9.36. The van der Waals surface area contributed by atoms with Crippen LogP contribution in [-0.4, -0.2) is 69.1 Å². The van der Waals surface area contributed by atoms with Gasteiger partial charge in [-0.25, -0.2) is 13.2 Å². The molecule has 1 aliphatic heterocycles. The summed E-state index contributed by atoms with van der Waals surface area (Å²) < 4.78 is 32.6. The molecule has 0 atom stereocenters. The number of benzene rings is 1. The Labute approximate surface area is 168 Å². The van der Waals surface area contributed by atoms with Crippen LogP contribution in [0.4, 0.5) is 4.79 Å². The van der Waals surface area contributed by atoms with Gasteiger partial charge in [0.2, 0.25) is 10.0 Å². The first-order valence-electron chi connectivity index (χ1n) is 10.3. The van der Waals surface area contributed by atoms with Gasteiger partial charge in [-0.3, -0.25) is 0 Å². The molecule has 0 spiro atoms. The molecule has 2 fully saturated rings. The molecule has 3 rings (SSSR count). The van der Waals surface area contributed by atoms with Crippen LogP contribution in [0.5, 0.6) is 0 Å². The van der Waals surface area contributed by atoms with Crippen LogP contribution in [0.25, 0.3) is 0 Å². The van der Waals surface area contributed by atoms with Crippen molar-refractivity contribution in [2.24, 2.45) is 0 Å². The van der Waals surface area contributed by atoms with Gasteiger partial charge in [0.25, 0.3) is 0 Å². The highest BCUT2D eigenvalue weighted by molar-refractivity contribution is 7.89. The lowest BCUT2D eigenvalue weighted by Crippen LogP contribution is -2.53. The van der Waals surface area contributed by atoms with Crippen LogP contribution in [-0.2, 0) is 14.8 Å². The quantitative estimate of drug-likeness (QED) is 0.702. The summed E-state index contributed by atoms with van der Waals surface area (Å²) in [7, 11) is -3.49. The number of amides is 2. The van der Waals surface area contributed by atoms with Crippen LogP contribution < -0.4 is 5.32 Å². The van der Waals surface area contributed by atoms with Crippen molar-refractivity contribution >= 4 is 16.1 Å². The zero-order valence-corrected chi connectivity index (χ0v) is 17.2. The standard InChI is InChI=1S/C20H31N3O4S/c24-20(21-12-7-17-27-18-8-3-1-4-9-18)22-13-15-23(16-14-22)28(25,26)19-10-5-2-6-11-19/h2,5-6,10-11,18H,1,3-4,7-9,12-17H2,(H,21,24). The molecule has 1 saturated carbocycles. The maximum Gasteiger partial charge on any atom is 0.317 e. The van der Waals surface area contributed by atoms with E-state index in [2.05, 4.69) is 5.32 Å². The number of sulfonamides is 1. The number of carbonyl (C=O) groups is 1. The van der Waals surface area contributed by atoms with E-state index in [0.29, 0.717) is 50.3 Å². The minimum absolute atomic E-state index is 0.130. The van der Waals surface area contributed by atoms with E-state index in [-0.39, 0.29) is 6.03 Å². The fraction of sp³-hybridized carbons (Fsp3) is 0.650. The van der Waals surface area contributed by atoms with Crippen LogP contribution in [0.1, 0.15) is 38.5 Å². The highest BCUT2D eigenvalue weighted by Gasteiger charge is 2.29. The van der Waals surface area contributed by atoms with Crippen molar-refractivity contribution in [3.8, 4) is 0 Å². The molecular formula is C20H31N3O4S. The lowest BCUT2D eigenvalue weighted by atomic mass is 9.98. The average molecular weight is 410 g/mol. The van der Waals surface area contributed by atoms with Crippen LogP contribution in [0.3, 0.4) is 0 Å². The molecule has 7 nitrogen and oxygen atoms in total. The molecule has 1 N–H and O–H groups in total. The number of hydrogen-bond acceptors (Lipinski definition) is 4. The molecule has 0 radical (unpaired) electrons. The zero-order valence-electron chi connectivity index (χ0n) is 16.4. The summed E-state index contributed by atoms with van der Waals surface area (Å²) in [5.74, 6) is 0. The van der Waals surface area contributed by atoms with Crippen molar-refractivity contribution in [1.29, 1.82) is 0 Å². The first-order valence-corrected chi connectivity index (χ1v) is 11.7. The molecule has 0 aromatic heterocycles. The summed E-state index contributed by atoms with van der Waals surface area (Å²) in [6.07, 6.45) is 7.33. The Morgan fingerprint density at radius 1 is 1.04 bits per heavy atom. The number of carbonyl (C=O) groups excluding carboxylic acids is 1. The molecule has 1 saturated heterocycles. The summed E-state index contributed by atoms with van der Waals surface area (Å²) >= 11 is 0. The highest BCUT2D eigenvalue weighted by Crippen LogP contribution is 2.20. The third-order valence-corrected chi connectivity index (χ3v) is 7.32. The van der Waals surface area contributed by atoms with Gasteiger partial charge in [-0.05, 0) is 31.4 Å². The second kappa shape index (κ2) is 10.2. The van der Waals surface area contributed by atoms with E-state index in [1.54, 1.807) is 35.2 Å². The van der Waals surface area contributed by atoms with Crippen LogP contribution in [0, 0.1) is 0 Å². The van der Waals surface area contributed by atoms with Crippen LogP contribution >= 0.6 is 0 Å². The normalized spacial score (nSPS) is 19.5. The van der Waals surface area contributed by atoms with Crippen molar-refractivity contribution < 1.29 is 17.9 Å². The maximum absolute atomic E-state index is 12.6. The monoisotopic (exact) mass is 409 g/mol. The minimum Gasteiger partial charge on any atom is -0.378 e. The number of hydrogen-bond donors (Lipinski definition) is 1. The number of rotatable bonds is 7. The van der Waals surface area contributed by atoms with Crippen molar-refractivity contribution in [2.75, 3.05) is 39.3 Å². The van der Waals surface area contributed by atoms with Gasteiger partial charge in [-0.1, -0.05) is 37.5 Å². The average Bonchev–Trinajstić information content (AvgIpc) is 2.75. The van der Waals surface area contributed by atoms with Crippen molar-refractivity contribution in [1.82, 2.24) is 14.5 Å². The summed E-state index contributed by atoms with van der Waals surface area (Å²) in [4.78, 5) is 14.3. The van der Waals surface area contributed by atoms with Gasteiger partial charge in [-0.2, -0.15) is 4.31 Å². The minimum atomic E-state index is -3.49. The number of urea groups is 1. The molecular weight excluding hydrogens is 378 g/mol. The van der Waals surface area contributed by atoms with E-state index in [1.807, 2.05) is 0 Å². The van der Waals surface area contributed by atoms with E-state index in [9.17, 15) is 13.2 Å². The number of nitrogens with zero attached hydrogens (tertiary/aromatic N) is 2. The molecule has 28 heavy (non-hydrogen) atoms. The molecule has 1 aromatic carbocycles. The summed E-state index contributed by atoms with van der Waals surface area (Å²) in [5, 5.41) is 2.91. The summed E-state index contributed by atoms with van der Waals surface area (Å²) in [5.41, 5.74) is 0. The van der Waals surface area contributed by atoms with Crippen molar-refractivity contribution in [3.05, 3.63) is 30.3 Å². The molecule has 156 valence electrons. The van der Waals surface area contributed by atoms with E-state index < -0.39 is 10.0 Å². The number of nitrogens with one attached hydrogen (secondary N) is 1. The van der Waals surface area contributed by atoms with Crippen LogP contribution in [0.15, 0.2) is 35.2 Å². The molecule has 8 heteroatoms. The molecule has 1 aliphatic carbocycles. The molecule has 1 aromatic rings. The van der Waals surface area contributed by atoms with Gasteiger partial charge in [0.05, 0.1) is 11.0 Å². The Kier molecular flexibility index (Phi) is 7.70. The summed E-state index contributed by atoms with van der Waals surface area (Å²) in [6, 6.07) is 8.30. The van der Waals surface area contributed by atoms with Gasteiger partial charge in [0.1, 0.15) is 0 Å². The van der Waals surface area contributed by atoms with Gasteiger partial charge in [0, 0.05) is 39.3 Å². The molecule has 1 heterocycles. The molecule has 0 bridgehead atoms. The molecule has 2 aliphatic rings. The molecule has 0 unspecified atom stereocenters. The van der Waals surface area contributed by atoms with Gasteiger partial charge < -0.3 is 15.0 Å². The Bertz CT molecular complexity index is 712. The predicted molar refractivity (Wildman–Crippen MR) is 108 cm³/mol. The predicted octanol–water partition coefficient (Wildman–Crippen LogP) is 2.44.